The normalized spacial score (nSPS) is 23.0. The lowest BCUT2D eigenvalue weighted by Gasteiger charge is -2.20. The Morgan fingerprint density at radius 2 is 1.96 bits per heavy atom. The summed E-state index contributed by atoms with van der Waals surface area (Å²) in [5.74, 6) is 1.15. The molecule has 4 rings (SSSR count). The average Bonchev–Trinajstić information content (AvgIpc) is 3.34. The van der Waals surface area contributed by atoms with E-state index in [0.29, 0.717) is 11.7 Å². The minimum Gasteiger partial charge on any atom is -0.337 e. The lowest BCUT2D eigenvalue weighted by Crippen LogP contribution is -2.46. The summed E-state index contributed by atoms with van der Waals surface area (Å²) >= 11 is 0. The number of imide groups is 1. The number of carbonyl (C=O) groups is 2. The first-order valence-electron chi connectivity index (χ1n) is 8.95. The van der Waals surface area contributed by atoms with E-state index in [0.717, 1.165) is 23.3 Å². The molecule has 1 aliphatic heterocycles. The summed E-state index contributed by atoms with van der Waals surface area (Å²) in [6.45, 7) is 6.05. The molecule has 2 aliphatic rings. The van der Waals surface area contributed by atoms with E-state index in [9.17, 15) is 9.59 Å². The Morgan fingerprint density at radius 3 is 2.58 bits per heavy atom. The second kappa shape index (κ2) is 5.93. The third kappa shape index (κ3) is 2.77. The van der Waals surface area contributed by atoms with Crippen molar-refractivity contribution in [3.8, 4) is 11.4 Å². The second-order valence-corrected chi connectivity index (χ2v) is 7.59. The molecule has 1 aromatic carbocycles. The number of nitrogens with one attached hydrogen (secondary N) is 1. The molecular weight excluding hydrogens is 332 g/mol. The molecule has 7 heteroatoms. The molecule has 1 aliphatic carbocycles. The van der Waals surface area contributed by atoms with Gasteiger partial charge in [-0.2, -0.15) is 4.98 Å². The van der Waals surface area contributed by atoms with Crippen LogP contribution in [0.4, 0.5) is 4.79 Å². The van der Waals surface area contributed by atoms with Crippen LogP contribution in [0.25, 0.3) is 11.4 Å². The Morgan fingerprint density at radius 1 is 1.27 bits per heavy atom. The van der Waals surface area contributed by atoms with Crippen LogP contribution in [0.5, 0.6) is 0 Å². The molecule has 1 aromatic heterocycles. The fraction of sp³-hybridized carbons (Fsp3) is 0.474. The van der Waals surface area contributed by atoms with E-state index >= 15 is 0 Å². The van der Waals surface area contributed by atoms with Crippen LogP contribution in [0.2, 0.25) is 0 Å². The first-order valence-corrected chi connectivity index (χ1v) is 8.95. The maximum absolute atomic E-state index is 12.7. The number of hydrogen-bond acceptors (Lipinski definition) is 5. The maximum Gasteiger partial charge on any atom is 0.325 e. The van der Waals surface area contributed by atoms with Crippen LogP contribution in [0.3, 0.4) is 0 Å². The third-order valence-electron chi connectivity index (χ3n) is 5.29. The van der Waals surface area contributed by atoms with E-state index in [4.69, 9.17) is 4.52 Å². The number of aromatic nitrogens is 2. The summed E-state index contributed by atoms with van der Waals surface area (Å²) in [5, 5.41) is 6.80. The molecule has 1 N–H and O–H groups in total. The summed E-state index contributed by atoms with van der Waals surface area (Å²) in [6, 6.07) is 7.57. The smallest absolute Gasteiger partial charge is 0.325 e. The van der Waals surface area contributed by atoms with E-state index in [1.54, 1.807) is 6.92 Å². The van der Waals surface area contributed by atoms with E-state index in [1.165, 1.54) is 5.56 Å². The summed E-state index contributed by atoms with van der Waals surface area (Å²) < 4.78 is 5.26. The fourth-order valence-electron chi connectivity index (χ4n) is 3.39. The highest BCUT2D eigenvalue weighted by atomic mass is 16.5. The highest BCUT2D eigenvalue weighted by molar-refractivity contribution is 6.07. The summed E-state index contributed by atoms with van der Waals surface area (Å²) in [4.78, 5) is 30.4. The van der Waals surface area contributed by atoms with Crippen molar-refractivity contribution in [1.82, 2.24) is 20.4 Å². The predicted molar refractivity (Wildman–Crippen MR) is 94.0 cm³/mol. The minimum absolute atomic E-state index is 0.00987. The summed E-state index contributed by atoms with van der Waals surface area (Å²) in [5.41, 5.74) is 1.27. The number of urea groups is 1. The zero-order valence-electron chi connectivity index (χ0n) is 15.2. The van der Waals surface area contributed by atoms with Gasteiger partial charge in [0.05, 0.1) is 0 Å². The third-order valence-corrected chi connectivity index (χ3v) is 5.29. The second-order valence-electron chi connectivity index (χ2n) is 7.59. The number of carbonyl (C=O) groups excluding carboxylic acids is 2. The predicted octanol–water partition coefficient (Wildman–Crippen LogP) is 3.08. The van der Waals surface area contributed by atoms with Crippen molar-refractivity contribution in [3.63, 3.8) is 0 Å². The van der Waals surface area contributed by atoms with Gasteiger partial charge in [0.15, 0.2) is 0 Å². The molecule has 3 amide bonds. The molecule has 1 unspecified atom stereocenters. The molecule has 0 spiro atoms. The van der Waals surface area contributed by atoms with Crippen LogP contribution >= 0.6 is 0 Å². The first kappa shape index (κ1) is 16.8. The van der Waals surface area contributed by atoms with Gasteiger partial charge in [0.25, 0.3) is 5.91 Å². The Kier molecular flexibility index (Phi) is 3.82. The van der Waals surface area contributed by atoms with Crippen LogP contribution in [0.15, 0.2) is 28.8 Å². The largest absolute Gasteiger partial charge is 0.337 e. The van der Waals surface area contributed by atoms with Crippen molar-refractivity contribution in [2.24, 2.45) is 5.92 Å². The van der Waals surface area contributed by atoms with Crippen molar-refractivity contribution in [3.05, 3.63) is 35.7 Å². The number of nitrogens with zero attached hydrogens (tertiary/aromatic N) is 3. The minimum atomic E-state index is -0.799. The number of amides is 3. The van der Waals surface area contributed by atoms with Crippen molar-refractivity contribution < 1.29 is 14.1 Å². The Labute approximate surface area is 151 Å². The molecule has 26 heavy (non-hydrogen) atoms. The van der Waals surface area contributed by atoms with Crippen LogP contribution < -0.4 is 5.32 Å². The van der Waals surface area contributed by atoms with Gasteiger partial charge in [-0.05, 0) is 37.2 Å². The molecular formula is C19H22N4O3. The van der Waals surface area contributed by atoms with Gasteiger partial charge in [-0.25, -0.2) is 4.79 Å². The van der Waals surface area contributed by atoms with Crippen LogP contribution in [0, 0.1) is 5.92 Å². The molecule has 2 aromatic rings. The molecule has 1 saturated heterocycles. The van der Waals surface area contributed by atoms with Crippen molar-refractivity contribution >= 4 is 11.9 Å². The van der Waals surface area contributed by atoms with Gasteiger partial charge in [-0.1, -0.05) is 43.3 Å². The van der Waals surface area contributed by atoms with Crippen LogP contribution in [-0.4, -0.2) is 32.5 Å². The summed E-state index contributed by atoms with van der Waals surface area (Å²) in [7, 11) is 0. The lowest BCUT2D eigenvalue weighted by atomic mass is 9.96. The molecule has 2 heterocycles. The van der Waals surface area contributed by atoms with E-state index in [-0.39, 0.29) is 24.3 Å². The first-order chi connectivity index (χ1) is 12.4. The van der Waals surface area contributed by atoms with Gasteiger partial charge < -0.3 is 9.84 Å². The summed E-state index contributed by atoms with van der Waals surface area (Å²) in [6.07, 6.45) is 1.93. The van der Waals surface area contributed by atoms with Gasteiger partial charge in [-0.3, -0.25) is 9.69 Å². The van der Waals surface area contributed by atoms with Gasteiger partial charge in [0, 0.05) is 5.56 Å². The lowest BCUT2D eigenvalue weighted by molar-refractivity contribution is -0.132. The van der Waals surface area contributed by atoms with E-state index in [2.05, 4.69) is 29.3 Å². The van der Waals surface area contributed by atoms with Crippen molar-refractivity contribution in [2.45, 2.75) is 51.6 Å². The highest BCUT2D eigenvalue weighted by Gasteiger charge is 2.56. The Bertz CT molecular complexity index is 854. The Balaban J connectivity index is 1.50. The average molecular weight is 354 g/mol. The molecule has 7 nitrogen and oxygen atoms in total. The van der Waals surface area contributed by atoms with Crippen LogP contribution in [0.1, 0.15) is 51.0 Å². The topological polar surface area (TPSA) is 88.3 Å². The molecule has 2 fully saturated rings. The van der Waals surface area contributed by atoms with Gasteiger partial charge in [0.1, 0.15) is 12.1 Å². The SMILES string of the molecule is CC(C)c1ccc(-c2noc(CN3C(=O)NC(C)(C4CC4)C3=O)n2)cc1. The monoisotopic (exact) mass is 354 g/mol. The van der Waals surface area contributed by atoms with Gasteiger partial charge in [0.2, 0.25) is 11.7 Å². The van der Waals surface area contributed by atoms with Gasteiger partial charge >= 0.3 is 6.03 Å². The van der Waals surface area contributed by atoms with Gasteiger partial charge in [-0.15, -0.1) is 0 Å². The number of rotatable bonds is 5. The van der Waals surface area contributed by atoms with Crippen molar-refractivity contribution in [2.75, 3.05) is 0 Å². The molecule has 0 radical (unpaired) electrons. The highest BCUT2D eigenvalue weighted by Crippen LogP contribution is 2.42. The fourth-order valence-corrected chi connectivity index (χ4v) is 3.39. The quantitative estimate of drug-likeness (QED) is 0.834. The van der Waals surface area contributed by atoms with Crippen LogP contribution in [-0.2, 0) is 11.3 Å². The molecule has 0 bridgehead atoms. The zero-order chi connectivity index (χ0) is 18.5. The Hall–Kier alpha value is -2.70. The van der Waals surface area contributed by atoms with Crippen molar-refractivity contribution in [1.29, 1.82) is 0 Å². The number of hydrogen-bond donors (Lipinski definition) is 1. The number of benzene rings is 1. The molecule has 1 atom stereocenters. The standard InChI is InChI=1S/C19H22N4O3/c1-11(2)12-4-6-13(7-5-12)16-20-15(26-22-16)10-23-17(24)19(3,14-8-9-14)21-18(23)25/h4-7,11,14H,8-10H2,1-3H3,(H,21,25). The van der Waals surface area contributed by atoms with E-state index < -0.39 is 11.6 Å². The van der Waals surface area contributed by atoms with E-state index in [1.807, 2.05) is 24.3 Å². The molecule has 1 saturated carbocycles. The molecule has 136 valence electrons. The zero-order valence-corrected chi connectivity index (χ0v) is 15.2. The maximum atomic E-state index is 12.7.